The number of nitrogens with zero attached hydrogens (tertiary/aromatic N) is 2. The largest absolute Gasteiger partial charge is 0.388 e. The summed E-state index contributed by atoms with van der Waals surface area (Å²) in [5.74, 6) is 0.678. The van der Waals surface area contributed by atoms with Crippen molar-refractivity contribution >= 4 is 22.0 Å². The minimum atomic E-state index is -0.651. The minimum absolute atomic E-state index is 0.106. The number of nitro groups is 1. The third kappa shape index (κ3) is 2.76. The molecule has 94 valence electrons. The van der Waals surface area contributed by atoms with Gasteiger partial charge in [0.15, 0.2) is 5.00 Å². The van der Waals surface area contributed by atoms with E-state index in [9.17, 15) is 15.2 Å². The lowest BCUT2D eigenvalue weighted by molar-refractivity contribution is -0.383. The Hall–Kier alpha value is -1.14. The van der Waals surface area contributed by atoms with Crippen LogP contribution < -0.4 is 4.90 Å². The molecule has 0 amide bonds. The van der Waals surface area contributed by atoms with Crippen LogP contribution in [0, 0.1) is 16.0 Å². The Labute approximate surface area is 104 Å². The molecule has 1 saturated carbocycles. The van der Waals surface area contributed by atoms with Crippen molar-refractivity contribution in [1.82, 2.24) is 0 Å². The lowest BCUT2D eigenvalue weighted by Gasteiger charge is -2.15. The summed E-state index contributed by atoms with van der Waals surface area (Å²) in [5.41, 5.74) is 0.106. The highest BCUT2D eigenvalue weighted by Gasteiger charge is 2.28. The van der Waals surface area contributed by atoms with E-state index in [1.165, 1.54) is 30.2 Å². The van der Waals surface area contributed by atoms with E-state index in [4.69, 9.17) is 0 Å². The first-order chi connectivity index (χ1) is 7.99. The highest BCUT2D eigenvalue weighted by atomic mass is 32.1. The van der Waals surface area contributed by atoms with Gasteiger partial charge in [-0.2, -0.15) is 0 Å². The predicted octanol–water partition coefficient (Wildman–Crippen LogP) is 2.56. The maximum Gasteiger partial charge on any atom is 0.304 e. The monoisotopic (exact) mass is 256 g/mol. The molecule has 6 heteroatoms. The third-order valence-electron chi connectivity index (χ3n) is 2.90. The zero-order valence-electron chi connectivity index (χ0n) is 9.92. The molecule has 1 heterocycles. The Bertz CT molecular complexity index is 426. The van der Waals surface area contributed by atoms with Gasteiger partial charge in [-0.15, -0.1) is 11.3 Å². The number of aliphatic hydroxyl groups is 1. The molecule has 0 bridgehead atoms. The summed E-state index contributed by atoms with van der Waals surface area (Å²) in [6.07, 6.45) is 1.78. The molecule has 0 aromatic carbocycles. The maximum atomic E-state index is 11.0. The molecular weight excluding hydrogens is 240 g/mol. The molecular formula is C11H16N2O3S. The quantitative estimate of drug-likeness (QED) is 0.649. The van der Waals surface area contributed by atoms with Crippen LogP contribution in [0.4, 0.5) is 10.7 Å². The van der Waals surface area contributed by atoms with Gasteiger partial charge in [0, 0.05) is 24.5 Å². The second-order valence-corrected chi connectivity index (χ2v) is 5.66. The molecule has 1 N–H and O–H groups in total. The normalized spacial score (nSPS) is 16.9. The Balaban J connectivity index is 2.25. The second-order valence-electron chi connectivity index (χ2n) is 4.60. The molecule has 1 aliphatic rings. The highest BCUT2D eigenvalue weighted by Crippen LogP contribution is 2.41. The molecule has 0 spiro atoms. The molecule has 0 unspecified atom stereocenters. The van der Waals surface area contributed by atoms with Gasteiger partial charge < -0.3 is 10.0 Å². The second kappa shape index (κ2) is 4.62. The first kappa shape index (κ1) is 12.3. The van der Waals surface area contributed by atoms with E-state index in [0.29, 0.717) is 15.8 Å². The van der Waals surface area contributed by atoms with Gasteiger partial charge in [-0.1, -0.05) is 0 Å². The van der Waals surface area contributed by atoms with Crippen LogP contribution in [0.1, 0.15) is 30.7 Å². The van der Waals surface area contributed by atoms with Gasteiger partial charge in [-0.3, -0.25) is 10.1 Å². The highest BCUT2D eigenvalue weighted by molar-refractivity contribution is 7.16. The fraction of sp³-hybridized carbons (Fsp3) is 0.636. The predicted molar refractivity (Wildman–Crippen MR) is 67.6 cm³/mol. The van der Waals surface area contributed by atoms with Crippen LogP contribution in [0.5, 0.6) is 0 Å². The van der Waals surface area contributed by atoms with Gasteiger partial charge in [0.25, 0.3) is 0 Å². The number of aliphatic hydroxyl groups excluding tert-OH is 1. The van der Waals surface area contributed by atoms with Crippen molar-refractivity contribution in [3.8, 4) is 0 Å². The van der Waals surface area contributed by atoms with Crippen molar-refractivity contribution in [3.05, 3.63) is 21.1 Å². The molecule has 1 atom stereocenters. The fourth-order valence-corrected chi connectivity index (χ4v) is 2.80. The number of thiophene rings is 1. The smallest absolute Gasteiger partial charge is 0.304 e. The van der Waals surface area contributed by atoms with Crippen molar-refractivity contribution < 1.29 is 10.0 Å². The summed E-state index contributed by atoms with van der Waals surface area (Å²) in [6.45, 7) is 2.49. The first-order valence-electron chi connectivity index (χ1n) is 5.66. The summed E-state index contributed by atoms with van der Waals surface area (Å²) >= 11 is 1.31. The van der Waals surface area contributed by atoms with Gasteiger partial charge in [0.1, 0.15) is 0 Å². The van der Waals surface area contributed by atoms with Crippen LogP contribution in [0.25, 0.3) is 0 Å². The van der Waals surface area contributed by atoms with Gasteiger partial charge in [0.2, 0.25) is 0 Å². The van der Waals surface area contributed by atoms with Crippen molar-refractivity contribution in [2.75, 3.05) is 18.5 Å². The number of hydrogen-bond acceptors (Lipinski definition) is 5. The van der Waals surface area contributed by atoms with Gasteiger partial charge in [0.05, 0.1) is 11.0 Å². The fourth-order valence-electron chi connectivity index (χ4n) is 1.77. The summed E-state index contributed by atoms with van der Waals surface area (Å²) in [5, 5.41) is 21.1. The lowest BCUT2D eigenvalue weighted by Crippen LogP contribution is -2.19. The summed E-state index contributed by atoms with van der Waals surface area (Å²) < 4.78 is 0. The lowest BCUT2D eigenvalue weighted by atomic mass is 10.3. The molecule has 2 rings (SSSR count). The van der Waals surface area contributed by atoms with E-state index in [1.54, 1.807) is 6.92 Å². The van der Waals surface area contributed by atoms with Crippen molar-refractivity contribution in [1.29, 1.82) is 0 Å². The maximum absolute atomic E-state index is 11.0. The summed E-state index contributed by atoms with van der Waals surface area (Å²) in [4.78, 5) is 13.2. The number of rotatable bonds is 5. The first-order valence-corrected chi connectivity index (χ1v) is 6.48. The van der Waals surface area contributed by atoms with Gasteiger partial charge in [-0.05, 0) is 25.7 Å². The van der Waals surface area contributed by atoms with E-state index < -0.39 is 6.10 Å². The van der Waals surface area contributed by atoms with E-state index in [2.05, 4.69) is 0 Å². The van der Waals surface area contributed by atoms with Crippen molar-refractivity contribution in [3.63, 3.8) is 0 Å². The molecule has 1 fully saturated rings. The van der Waals surface area contributed by atoms with Crippen LogP contribution in [0.3, 0.4) is 0 Å². The van der Waals surface area contributed by atoms with Crippen LogP contribution in [0.15, 0.2) is 6.07 Å². The van der Waals surface area contributed by atoms with E-state index in [0.717, 1.165) is 6.54 Å². The third-order valence-corrected chi connectivity index (χ3v) is 4.31. The summed E-state index contributed by atoms with van der Waals surface area (Å²) in [7, 11) is 1.88. The molecule has 0 aliphatic heterocycles. The zero-order chi connectivity index (χ0) is 12.6. The molecule has 1 aliphatic carbocycles. The summed E-state index contributed by atoms with van der Waals surface area (Å²) in [6, 6.07) is 1.48. The molecule has 5 nitrogen and oxygen atoms in total. The van der Waals surface area contributed by atoms with Crippen molar-refractivity contribution in [2.45, 2.75) is 25.9 Å². The van der Waals surface area contributed by atoms with Crippen LogP contribution >= 0.6 is 11.3 Å². The molecule has 1 aromatic heterocycles. The Morgan fingerprint density at radius 1 is 1.71 bits per heavy atom. The average molecular weight is 256 g/mol. The average Bonchev–Trinajstić information content (AvgIpc) is 2.93. The molecule has 0 saturated heterocycles. The Morgan fingerprint density at radius 2 is 2.35 bits per heavy atom. The molecule has 0 radical (unpaired) electrons. The Kier molecular flexibility index (Phi) is 3.35. The van der Waals surface area contributed by atoms with E-state index >= 15 is 0 Å². The van der Waals surface area contributed by atoms with E-state index in [-0.39, 0.29) is 10.6 Å². The topological polar surface area (TPSA) is 66.6 Å². The minimum Gasteiger partial charge on any atom is -0.388 e. The number of anilines is 1. The van der Waals surface area contributed by atoms with Gasteiger partial charge >= 0.3 is 5.69 Å². The zero-order valence-corrected chi connectivity index (χ0v) is 10.7. The van der Waals surface area contributed by atoms with Crippen molar-refractivity contribution in [2.24, 2.45) is 5.92 Å². The molecule has 1 aromatic rings. The Morgan fingerprint density at radius 3 is 2.82 bits per heavy atom. The van der Waals surface area contributed by atoms with Crippen LogP contribution in [0.2, 0.25) is 0 Å². The number of hydrogen-bond donors (Lipinski definition) is 1. The van der Waals surface area contributed by atoms with Gasteiger partial charge in [-0.25, -0.2) is 0 Å². The SMILES string of the molecule is C[C@H](O)c1cc([N+](=O)[O-])c(N(C)CC2CC2)s1. The van der Waals surface area contributed by atoms with Crippen LogP contribution in [-0.4, -0.2) is 23.6 Å². The molecule has 17 heavy (non-hydrogen) atoms. The standard InChI is InChI=1S/C11H16N2O3S/c1-7(14)10-5-9(13(15)16)11(17-10)12(2)6-8-3-4-8/h5,7-8,14H,3-4,6H2,1-2H3/t7-/m0/s1. The van der Waals surface area contributed by atoms with Crippen LogP contribution in [-0.2, 0) is 0 Å². The van der Waals surface area contributed by atoms with E-state index in [1.807, 2.05) is 11.9 Å².